The number of aryl methyl sites for hydroxylation is 2. The van der Waals surface area contributed by atoms with Crippen molar-refractivity contribution in [3.63, 3.8) is 0 Å². The molecule has 4 nitrogen and oxygen atoms in total. The fourth-order valence-electron chi connectivity index (χ4n) is 2.94. The third-order valence-corrected chi connectivity index (χ3v) is 5.58. The largest absolute Gasteiger partial charge is 0.322 e. The van der Waals surface area contributed by atoms with Crippen molar-refractivity contribution in [1.82, 2.24) is 4.98 Å². The van der Waals surface area contributed by atoms with Crippen molar-refractivity contribution in [1.29, 1.82) is 0 Å². The molecule has 1 heterocycles. The van der Waals surface area contributed by atoms with E-state index < -0.39 is 0 Å². The van der Waals surface area contributed by atoms with Gasteiger partial charge in [0.2, 0.25) is 0 Å². The molecule has 5 heteroatoms. The van der Waals surface area contributed by atoms with Gasteiger partial charge >= 0.3 is 0 Å². The molecule has 0 saturated carbocycles. The molecule has 0 aliphatic carbocycles. The van der Waals surface area contributed by atoms with Crippen molar-refractivity contribution < 1.29 is 9.69 Å². The number of nitrogens with zero attached hydrogens (tertiary/aromatic N) is 1. The molecule has 3 aromatic rings. The lowest BCUT2D eigenvalue weighted by atomic mass is 10.1. The van der Waals surface area contributed by atoms with E-state index >= 15 is 0 Å². The zero-order chi connectivity index (χ0) is 18.0. The molecule has 0 radical (unpaired) electrons. The van der Waals surface area contributed by atoms with Crippen LogP contribution in [0.5, 0.6) is 0 Å². The summed E-state index contributed by atoms with van der Waals surface area (Å²) in [6.07, 6.45) is 0. The van der Waals surface area contributed by atoms with Crippen LogP contribution in [-0.4, -0.2) is 24.5 Å². The van der Waals surface area contributed by atoms with Crippen LogP contribution in [0.2, 0.25) is 0 Å². The van der Waals surface area contributed by atoms with Crippen molar-refractivity contribution in [3.8, 4) is 0 Å². The maximum Gasteiger partial charge on any atom is 0.279 e. The highest BCUT2D eigenvalue weighted by Gasteiger charge is 2.22. The summed E-state index contributed by atoms with van der Waals surface area (Å²) in [6, 6.07) is 14.4. The van der Waals surface area contributed by atoms with Crippen molar-refractivity contribution in [2.45, 2.75) is 26.8 Å². The first-order chi connectivity index (χ1) is 11.9. The number of amides is 1. The number of para-hydroxylation sites is 1. The lowest BCUT2D eigenvalue weighted by Crippen LogP contribution is -3.10. The molecule has 1 amide bonds. The third kappa shape index (κ3) is 4.24. The summed E-state index contributed by atoms with van der Waals surface area (Å²) in [5.74, 6) is 0.0236. The van der Waals surface area contributed by atoms with Gasteiger partial charge in [0.15, 0.2) is 11.6 Å². The van der Waals surface area contributed by atoms with Gasteiger partial charge in [0, 0.05) is 5.69 Å². The van der Waals surface area contributed by atoms with E-state index in [0.717, 1.165) is 32.2 Å². The van der Waals surface area contributed by atoms with E-state index in [-0.39, 0.29) is 11.9 Å². The Balaban J connectivity index is 1.66. The van der Waals surface area contributed by atoms with Gasteiger partial charge in [-0.15, -0.1) is 11.3 Å². The molecule has 2 aromatic carbocycles. The number of fused-ring (bicyclic) bond motifs is 1. The molecule has 0 fully saturated rings. The Bertz CT molecular complexity index is 850. The molecule has 25 heavy (non-hydrogen) atoms. The number of quaternary nitrogens is 1. The number of aromatic nitrogens is 1. The number of rotatable bonds is 5. The summed E-state index contributed by atoms with van der Waals surface area (Å²) in [5, 5.41) is 4.08. The molecule has 0 aliphatic rings. The minimum absolute atomic E-state index is 0.0236. The zero-order valence-corrected chi connectivity index (χ0v) is 15.9. The predicted molar refractivity (Wildman–Crippen MR) is 104 cm³/mol. The van der Waals surface area contributed by atoms with Crippen molar-refractivity contribution >= 4 is 33.1 Å². The number of carbonyl (C=O) groups is 1. The van der Waals surface area contributed by atoms with Gasteiger partial charge in [0.1, 0.15) is 6.04 Å². The summed E-state index contributed by atoms with van der Waals surface area (Å²) >= 11 is 1.71. The second kappa shape index (κ2) is 7.33. The van der Waals surface area contributed by atoms with Crippen molar-refractivity contribution in [2.24, 2.45) is 0 Å². The van der Waals surface area contributed by atoms with Crippen LogP contribution in [0.3, 0.4) is 0 Å². The zero-order valence-electron chi connectivity index (χ0n) is 15.1. The summed E-state index contributed by atoms with van der Waals surface area (Å²) < 4.78 is 1.19. The molecular weight excluding hydrogens is 330 g/mol. The molecule has 3 rings (SSSR count). The molecule has 0 saturated heterocycles. The van der Waals surface area contributed by atoms with E-state index in [1.165, 1.54) is 4.70 Å². The van der Waals surface area contributed by atoms with Gasteiger partial charge in [-0.2, -0.15) is 0 Å². The quantitative estimate of drug-likeness (QED) is 0.739. The van der Waals surface area contributed by atoms with Crippen molar-refractivity contribution in [2.75, 3.05) is 18.9 Å². The normalized spacial score (nSPS) is 13.6. The Hall–Kier alpha value is -2.24. The van der Waals surface area contributed by atoms with Crippen LogP contribution < -0.4 is 10.2 Å². The minimum atomic E-state index is 0.0236. The molecule has 2 atom stereocenters. The Labute approximate surface area is 152 Å². The Kier molecular flexibility index (Phi) is 5.16. The van der Waals surface area contributed by atoms with Gasteiger partial charge in [0.25, 0.3) is 5.91 Å². The summed E-state index contributed by atoms with van der Waals surface area (Å²) in [7, 11) is 2.04. The summed E-state index contributed by atoms with van der Waals surface area (Å²) in [4.78, 5) is 18.2. The first-order valence-corrected chi connectivity index (χ1v) is 9.30. The molecular formula is C20H24N3OS+. The number of benzene rings is 2. The number of hydrogen-bond donors (Lipinski definition) is 2. The van der Waals surface area contributed by atoms with Crippen LogP contribution in [0, 0.1) is 13.8 Å². The molecule has 1 aromatic heterocycles. The molecule has 2 N–H and O–H groups in total. The van der Waals surface area contributed by atoms with E-state index in [1.54, 1.807) is 11.3 Å². The van der Waals surface area contributed by atoms with Crippen molar-refractivity contribution in [3.05, 3.63) is 58.6 Å². The van der Waals surface area contributed by atoms with Gasteiger partial charge in [-0.1, -0.05) is 18.2 Å². The molecule has 0 spiro atoms. The number of likely N-dealkylation sites (N-methyl/N-ethyl adjacent to an activating group) is 1. The average molecular weight is 354 g/mol. The second-order valence-corrected chi connectivity index (χ2v) is 7.75. The van der Waals surface area contributed by atoms with E-state index in [9.17, 15) is 4.79 Å². The van der Waals surface area contributed by atoms with Crippen LogP contribution in [0.25, 0.3) is 10.2 Å². The van der Waals surface area contributed by atoms with Gasteiger partial charge in [0.05, 0.1) is 17.3 Å². The standard InChI is InChI=1S/C20H23N3OS/c1-13-9-14(2)11-16(10-13)21-19(24)12-23(4)15(3)20-22-17-7-5-6-8-18(17)25-20/h5-11,15H,12H2,1-4H3,(H,21,24)/p+1/t15-/m1/s1. The lowest BCUT2D eigenvalue weighted by Gasteiger charge is -2.19. The molecule has 0 aliphatic heterocycles. The SMILES string of the molecule is Cc1cc(C)cc(NC(=O)C[NH+](C)[C@H](C)c2nc3ccccc3s2)c1. The first kappa shape index (κ1) is 17.6. The van der Waals surface area contributed by atoms with E-state index in [2.05, 4.69) is 24.4 Å². The molecule has 0 bridgehead atoms. The fraction of sp³-hybridized carbons (Fsp3) is 0.300. The average Bonchev–Trinajstić information content (AvgIpc) is 2.96. The lowest BCUT2D eigenvalue weighted by molar-refractivity contribution is -0.902. The second-order valence-electron chi connectivity index (χ2n) is 6.69. The Morgan fingerprint density at radius 2 is 1.88 bits per heavy atom. The van der Waals surface area contributed by atoms with Gasteiger partial charge in [-0.25, -0.2) is 4.98 Å². The first-order valence-electron chi connectivity index (χ1n) is 8.48. The monoisotopic (exact) mass is 354 g/mol. The highest BCUT2D eigenvalue weighted by Crippen LogP contribution is 2.24. The number of thiazole rings is 1. The van der Waals surface area contributed by atoms with E-state index in [4.69, 9.17) is 4.98 Å². The highest BCUT2D eigenvalue weighted by atomic mass is 32.1. The minimum Gasteiger partial charge on any atom is -0.322 e. The van der Waals surface area contributed by atoms with Crippen LogP contribution in [0.1, 0.15) is 29.1 Å². The summed E-state index contributed by atoms with van der Waals surface area (Å²) in [6.45, 7) is 6.60. The van der Waals surface area contributed by atoms with Gasteiger partial charge in [-0.05, 0) is 56.2 Å². The highest BCUT2D eigenvalue weighted by molar-refractivity contribution is 7.18. The van der Waals surface area contributed by atoms with Crippen LogP contribution in [-0.2, 0) is 4.79 Å². The number of carbonyl (C=O) groups excluding carboxylic acids is 1. The number of hydrogen-bond acceptors (Lipinski definition) is 3. The van der Waals surface area contributed by atoms with E-state index in [1.807, 2.05) is 51.2 Å². The third-order valence-electron chi connectivity index (χ3n) is 4.36. The molecule has 130 valence electrons. The maximum absolute atomic E-state index is 12.4. The van der Waals surface area contributed by atoms with E-state index in [0.29, 0.717) is 6.54 Å². The maximum atomic E-state index is 12.4. The smallest absolute Gasteiger partial charge is 0.279 e. The predicted octanol–water partition coefficient (Wildman–Crippen LogP) is 3.13. The topological polar surface area (TPSA) is 46.4 Å². The fourth-order valence-corrected chi connectivity index (χ4v) is 4.06. The van der Waals surface area contributed by atoms with Gasteiger partial charge in [-0.3, -0.25) is 4.79 Å². The summed E-state index contributed by atoms with van der Waals surface area (Å²) in [5.41, 5.74) is 4.20. The Morgan fingerprint density at radius 3 is 2.56 bits per heavy atom. The Morgan fingerprint density at radius 1 is 1.20 bits per heavy atom. The van der Waals surface area contributed by atoms with Gasteiger partial charge < -0.3 is 10.2 Å². The number of anilines is 1. The van der Waals surface area contributed by atoms with Crippen LogP contribution in [0.15, 0.2) is 42.5 Å². The van der Waals surface area contributed by atoms with Crippen LogP contribution in [0.4, 0.5) is 5.69 Å². The van der Waals surface area contributed by atoms with Crippen LogP contribution >= 0.6 is 11.3 Å². The molecule has 1 unspecified atom stereocenters. The number of nitrogens with one attached hydrogen (secondary N) is 2.